The highest BCUT2D eigenvalue weighted by Gasteiger charge is 2.16. The van der Waals surface area contributed by atoms with Crippen LogP contribution in [0, 0.1) is 18.8 Å². The summed E-state index contributed by atoms with van der Waals surface area (Å²) in [4.78, 5) is 2.41. The van der Waals surface area contributed by atoms with Gasteiger partial charge in [-0.05, 0) is 81.7 Å². The second-order valence-electron chi connectivity index (χ2n) is 8.74. The number of rotatable bonds is 7. The predicted octanol–water partition coefficient (Wildman–Crippen LogP) is 4.84. The fourth-order valence-electron chi connectivity index (χ4n) is 4.29. The lowest BCUT2D eigenvalue weighted by Crippen LogP contribution is -2.40. The van der Waals surface area contributed by atoms with E-state index in [0.717, 1.165) is 24.5 Å². The van der Waals surface area contributed by atoms with Crippen LogP contribution in [0.15, 0.2) is 48.5 Å². The minimum Gasteiger partial charge on any atom is -0.374 e. The van der Waals surface area contributed by atoms with Crippen LogP contribution in [0.1, 0.15) is 29.7 Å². The highest BCUT2D eigenvalue weighted by molar-refractivity contribution is 6.17. The third-order valence-corrected chi connectivity index (χ3v) is 6.41. The van der Waals surface area contributed by atoms with Crippen LogP contribution in [0.2, 0.25) is 0 Å². The molecule has 0 saturated carbocycles. The fraction of sp³-hybridized carbons (Fsp3) is 0.407. The summed E-state index contributed by atoms with van der Waals surface area (Å²) in [6, 6.07) is 17.9. The number of nitrogens with one attached hydrogen (secondary N) is 2. The maximum atomic E-state index is 6.10. The van der Waals surface area contributed by atoms with Crippen molar-refractivity contribution >= 4 is 28.2 Å². The SMILES string of the molecule is Cc1ccc(NCC#Cc2cc3cc(CNC4CCN(C)CC4)ccc3n2CCCl)cc1. The Morgan fingerprint density at radius 2 is 1.84 bits per heavy atom. The van der Waals surface area contributed by atoms with Crippen molar-refractivity contribution in [1.82, 2.24) is 14.8 Å². The molecule has 1 saturated heterocycles. The maximum absolute atomic E-state index is 6.10. The van der Waals surface area contributed by atoms with Crippen molar-refractivity contribution in [2.45, 2.75) is 38.9 Å². The van der Waals surface area contributed by atoms with Crippen molar-refractivity contribution in [1.29, 1.82) is 0 Å². The minimum atomic E-state index is 0.569. The molecule has 3 aromatic rings. The van der Waals surface area contributed by atoms with E-state index < -0.39 is 0 Å². The summed E-state index contributed by atoms with van der Waals surface area (Å²) in [7, 11) is 2.20. The number of piperidine rings is 1. The van der Waals surface area contributed by atoms with Gasteiger partial charge < -0.3 is 20.1 Å². The van der Waals surface area contributed by atoms with Gasteiger partial charge in [0.05, 0.1) is 12.2 Å². The second-order valence-corrected chi connectivity index (χ2v) is 9.12. The first-order chi connectivity index (χ1) is 15.6. The number of halogens is 1. The average Bonchev–Trinajstić information content (AvgIpc) is 3.14. The van der Waals surface area contributed by atoms with Gasteiger partial charge in [0.15, 0.2) is 0 Å². The normalized spacial score (nSPS) is 15.0. The molecule has 1 aliphatic heterocycles. The first kappa shape index (κ1) is 22.7. The van der Waals surface area contributed by atoms with Crippen LogP contribution < -0.4 is 10.6 Å². The van der Waals surface area contributed by atoms with Gasteiger partial charge in [0.1, 0.15) is 0 Å². The van der Waals surface area contributed by atoms with Crippen LogP contribution >= 0.6 is 11.6 Å². The van der Waals surface area contributed by atoms with Crippen molar-refractivity contribution < 1.29 is 0 Å². The summed E-state index contributed by atoms with van der Waals surface area (Å²) in [5.74, 6) is 7.19. The van der Waals surface area contributed by atoms with Gasteiger partial charge in [-0.25, -0.2) is 0 Å². The summed E-state index contributed by atoms with van der Waals surface area (Å²) in [6.07, 6.45) is 2.45. The molecular formula is C27H33ClN4. The van der Waals surface area contributed by atoms with Gasteiger partial charge in [-0.1, -0.05) is 29.7 Å². The minimum absolute atomic E-state index is 0.569. The van der Waals surface area contributed by atoms with E-state index in [1.165, 1.54) is 48.0 Å². The Morgan fingerprint density at radius 3 is 2.59 bits per heavy atom. The molecule has 1 aromatic heterocycles. The Bertz CT molecular complexity index is 1080. The van der Waals surface area contributed by atoms with Crippen LogP contribution in [-0.4, -0.2) is 48.1 Å². The Morgan fingerprint density at radius 1 is 1.06 bits per heavy atom. The van der Waals surface area contributed by atoms with E-state index in [2.05, 4.69) is 94.4 Å². The van der Waals surface area contributed by atoms with Gasteiger partial charge >= 0.3 is 0 Å². The molecule has 0 atom stereocenters. The van der Waals surface area contributed by atoms with Crippen molar-refractivity contribution in [3.63, 3.8) is 0 Å². The molecule has 1 fully saturated rings. The van der Waals surface area contributed by atoms with E-state index in [0.29, 0.717) is 18.5 Å². The molecule has 168 valence electrons. The van der Waals surface area contributed by atoms with Gasteiger partial charge in [-0.3, -0.25) is 0 Å². The molecular weight excluding hydrogens is 416 g/mol. The van der Waals surface area contributed by atoms with Crippen LogP contribution in [0.3, 0.4) is 0 Å². The number of hydrogen-bond donors (Lipinski definition) is 2. The molecule has 2 heterocycles. The van der Waals surface area contributed by atoms with Crippen LogP contribution in [0.5, 0.6) is 0 Å². The molecule has 32 heavy (non-hydrogen) atoms. The van der Waals surface area contributed by atoms with Crippen molar-refractivity contribution in [2.24, 2.45) is 0 Å². The monoisotopic (exact) mass is 448 g/mol. The fourth-order valence-corrected chi connectivity index (χ4v) is 4.46. The standard InChI is InChI=1S/C27H33ClN4/c1-21-5-8-24(9-6-21)29-14-3-4-26-19-23-18-22(7-10-27(23)32(26)17-13-28)20-30-25-11-15-31(2)16-12-25/h5-10,18-19,25,29-30H,11-17,20H2,1-2H3. The molecule has 4 rings (SSSR count). The van der Waals surface area contributed by atoms with E-state index in [9.17, 15) is 0 Å². The third-order valence-electron chi connectivity index (χ3n) is 6.24. The predicted molar refractivity (Wildman–Crippen MR) is 137 cm³/mol. The van der Waals surface area contributed by atoms with Crippen molar-refractivity contribution in [3.05, 3.63) is 65.4 Å². The van der Waals surface area contributed by atoms with Gasteiger partial charge in [0, 0.05) is 41.6 Å². The largest absolute Gasteiger partial charge is 0.374 e. The Hall–Kier alpha value is -2.45. The number of alkyl halides is 1. The molecule has 0 bridgehead atoms. The molecule has 4 nitrogen and oxygen atoms in total. The van der Waals surface area contributed by atoms with E-state index in [4.69, 9.17) is 11.6 Å². The zero-order chi connectivity index (χ0) is 22.3. The Labute approximate surface area is 196 Å². The molecule has 2 N–H and O–H groups in total. The molecule has 0 aliphatic carbocycles. The smallest absolute Gasteiger partial charge is 0.0931 e. The molecule has 0 radical (unpaired) electrons. The highest BCUT2D eigenvalue weighted by atomic mass is 35.5. The van der Waals surface area contributed by atoms with Crippen molar-refractivity contribution in [3.8, 4) is 11.8 Å². The lowest BCUT2D eigenvalue weighted by atomic mass is 10.0. The lowest BCUT2D eigenvalue weighted by Gasteiger charge is -2.29. The summed E-state index contributed by atoms with van der Waals surface area (Å²) in [5, 5.41) is 8.34. The Kier molecular flexibility index (Phi) is 7.76. The molecule has 0 amide bonds. The number of aryl methyl sites for hydroxylation is 2. The molecule has 0 unspecified atom stereocenters. The van der Waals surface area contributed by atoms with Gasteiger partial charge in [0.25, 0.3) is 0 Å². The topological polar surface area (TPSA) is 32.2 Å². The molecule has 1 aliphatic rings. The zero-order valence-corrected chi connectivity index (χ0v) is 19.9. The van der Waals surface area contributed by atoms with Gasteiger partial charge in [-0.2, -0.15) is 0 Å². The first-order valence-corrected chi connectivity index (χ1v) is 12.1. The Balaban J connectivity index is 1.44. The number of anilines is 1. The van der Waals surface area contributed by atoms with Crippen LogP contribution in [-0.2, 0) is 13.1 Å². The summed E-state index contributed by atoms with van der Waals surface area (Å²) >= 11 is 6.10. The summed E-state index contributed by atoms with van der Waals surface area (Å²) < 4.78 is 2.23. The van der Waals surface area contributed by atoms with E-state index in [1.54, 1.807) is 0 Å². The lowest BCUT2D eigenvalue weighted by molar-refractivity contribution is 0.234. The van der Waals surface area contributed by atoms with Crippen molar-refractivity contribution in [2.75, 3.05) is 37.9 Å². The number of nitrogens with zero attached hydrogens (tertiary/aromatic N) is 2. The average molecular weight is 449 g/mol. The number of hydrogen-bond acceptors (Lipinski definition) is 3. The number of aromatic nitrogens is 1. The number of likely N-dealkylation sites (tertiary alicyclic amines) is 1. The first-order valence-electron chi connectivity index (χ1n) is 11.5. The second kappa shape index (κ2) is 10.9. The molecule has 0 spiro atoms. The van der Waals surface area contributed by atoms with Crippen LogP contribution in [0.25, 0.3) is 10.9 Å². The zero-order valence-electron chi connectivity index (χ0n) is 19.1. The van der Waals surface area contributed by atoms with E-state index in [1.807, 2.05) is 0 Å². The summed E-state index contributed by atoms with van der Waals surface area (Å²) in [5.41, 5.74) is 5.89. The van der Waals surface area contributed by atoms with Gasteiger partial charge in [-0.15, -0.1) is 11.6 Å². The number of benzene rings is 2. The maximum Gasteiger partial charge on any atom is 0.0931 e. The molecule has 5 heteroatoms. The quantitative estimate of drug-likeness (QED) is 0.401. The summed E-state index contributed by atoms with van der Waals surface area (Å²) in [6.45, 7) is 6.73. The number of fused-ring (bicyclic) bond motifs is 1. The van der Waals surface area contributed by atoms with E-state index >= 15 is 0 Å². The van der Waals surface area contributed by atoms with Crippen LogP contribution in [0.4, 0.5) is 5.69 Å². The molecule has 2 aromatic carbocycles. The third kappa shape index (κ3) is 5.86. The van der Waals surface area contributed by atoms with Gasteiger partial charge in [0.2, 0.25) is 0 Å². The van der Waals surface area contributed by atoms with E-state index in [-0.39, 0.29) is 0 Å². The highest BCUT2D eigenvalue weighted by Crippen LogP contribution is 2.22.